The summed E-state index contributed by atoms with van der Waals surface area (Å²) in [7, 11) is 1.64. The van der Waals surface area contributed by atoms with Gasteiger partial charge in [0.05, 0.1) is 13.7 Å². The van der Waals surface area contributed by atoms with Crippen molar-refractivity contribution in [1.29, 1.82) is 0 Å². The van der Waals surface area contributed by atoms with Crippen molar-refractivity contribution in [2.24, 2.45) is 0 Å². The zero-order chi connectivity index (χ0) is 19.8. The number of carbonyl (C=O) groups excluding carboxylic acids is 2. The van der Waals surface area contributed by atoms with E-state index in [1.54, 1.807) is 25.3 Å². The monoisotopic (exact) mass is 384 g/mol. The van der Waals surface area contributed by atoms with Crippen molar-refractivity contribution in [2.45, 2.75) is 25.7 Å². The second-order valence-corrected chi connectivity index (χ2v) is 6.45. The Morgan fingerprint density at radius 3 is 2.57 bits per heavy atom. The van der Waals surface area contributed by atoms with Crippen LogP contribution in [0.25, 0.3) is 0 Å². The van der Waals surface area contributed by atoms with Crippen LogP contribution in [0.1, 0.15) is 24.8 Å². The summed E-state index contributed by atoms with van der Waals surface area (Å²) in [4.78, 5) is 23.9. The number of carbonyl (C=O) groups is 2. The first-order chi connectivity index (χ1) is 13.6. The van der Waals surface area contributed by atoms with E-state index in [1.165, 1.54) is 5.56 Å². The molecule has 0 saturated heterocycles. The van der Waals surface area contributed by atoms with Crippen LogP contribution in [-0.2, 0) is 16.0 Å². The van der Waals surface area contributed by atoms with Gasteiger partial charge in [-0.3, -0.25) is 9.59 Å². The van der Waals surface area contributed by atoms with E-state index in [-0.39, 0.29) is 25.2 Å². The number of amides is 2. The maximum Gasteiger partial charge on any atom is 0.243 e. The highest BCUT2D eigenvalue weighted by Gasteiger charge is 2.14. The molecule has 0 saturated carbocycles. The van der Waals surface area contributed by atoms with Gasteiger partial charge in [-0.2, -0.15) is 0 Å². The quantitative estimate of drug-likeness (QED) is 0.650. The molecule has 148 valence electrons. The molecule has 0 radical (unpaired) electrons. The highest BCUT2D eigenvalue weighted by molar-refractivity contribution is 5.94. The number of hydrogen-bond donors (Lipinski definition) is 2. The Kier molecular flexibility index (Phi) is 6.73. The zero-order valence-corrected chi connectivity index (χ0v) is 15.8. The van der Waals surface area contributed by atoms with E-state index in [4.69, 9.17) is 14.2 Å². The molecule has 2 aromatic rings. The van der Waals surface area contributed by atoms with Crippen LogP contribution >= 0.6 is 0 Å². The second-order valence-electron chi connectivity index (χ2n) is 6.45. The third-order valence-electron chi connectivity index (χ3n) is 4.38. The molecule has 7 heteroatoms. The number of anilines is 1. The number of hydrogen-bond acceptors (Lipinski definition) is 5. The van der Waals surface area contributed by atoms with Gasteiger partial charge < -0.3 is 24.8 Å². The average molecular weight is 384 g/mol. The third-order valence-corrected chi connectivity index (χ3v) is 4.38. The summed E-state index contributed by atoms with van der Waals surface area (Å²) < 4.78 is 15.6. The predicted octanol–water partition coefficient (Wildman–Crippen LogP) is 2.89. The van der Waals surface area contributed by atoms with Crippen LogP contribution in [-0.4, -0.2) is 32.3 Å². The molecule has 0 aromatic heterocycles. The lowest BCUT2D eigenvalue weighted by molar-refractivity contribution is -0.124. The summed E-state index contributed by atoms with van der Waals surface area (Å²) in [6.45, 7) is 0.118. The van der Waals surface area contributed by atoms with Crippen molar-refractivity contribution in [3.05, 3.63) is 48.0 Å². The Bertz CT molecular complexity index is 820. The minimum absolute atomic E-state index is 0.0637. The van der Waals surface area contributed by atoms with Gasteiger partial charge in [0.15, 0.2) is 11.5 Å². The largest absolute Gasteiger partial charge is 0.497 e. The van der Waals surface area contributed by atoms with Crippen molar-refractivity contribution < 1.29 is 23.8 Å². The summed E-state index contributed by atoms with van der Waals surface area (Å²) in [5.74, 6) is 1.67. The normalized spacial score (nSPS) is 11.8. The lowest BCUT2D eigenvalue weighted by Crippen LogP contribution is -2.32. The molecule has 1 aliphatic rings. The minimum atomic E-state index is -0.287. The Morgan fingerprint density at radius 2 is 1.79 bits per heavy atom. The van der Waals surface area contributed by atoms with Gasteiger partial charge in [0.25, 0.3) is 0 Å². The average Bonchev–Trinajstić information content (AvgIpc) is 3.18. The number of benzene rings is 2. The Labute approximate surface area is 164 Å². The lowest BCUT2D eigenvalue weighted by atomic mass is 10.1. The van der Waals surface area contributed by atoms with E-state index in [0.29, 0.717) is 23.6 Å². The minimum Gasteiger partial charge on any atom is -0.497 e. The summed E-state index contributed by atoms with van der Waals surface area (Å²) in [5.41, 5.74) is 1.81. The van der Waals surface area contributed by atoms with Crippen LogP contribution in [0.15, 0.2) is 42.5 Å². The zero-order valence-electron chi connectivity index (χ0n) is 15.8. The molecule has 28 heavy (non-hydrogen) atoms. The van der Waals surface area contributed by atoms with Gasteiger partial charge >= 0.3 is 0 Å². The molecule has 0 spiro atoms. The van der Waals surface area contributed by atoms with Gasteiger partial charge in [0.1, 0.15) is 5.75 Å². The van der Waals surface area contributed by atoms with E-state index in [2.05, 4.69) is 10.6 Å². The van der Waals surface area contributed by atoms with Gasteiger partial charge in [-0.15, -0.1) is 0 Å². The van der Waals surface area contributed by atoms with Crippen molar-refractivity contribution in [2.75, 3.05) is 25.8 Å². The molecule has 3 rings (SSSR count). The molecule has 0 atom stereocenters. The first-order valence-corrected chi connectivity index (χ1v) is 9.23. The molecule has 0 bridgehead atoms. The summed E-state index contributed by atoms with van der Waals surface area (Å²) in [6.07, 6.45) is 2.97. The smallest absolute Gasteiger partial charge is 0.243 e. The van der Waals surface area contributed by atoms with Crippen LogP contribution in [0.3, 0.4) is 0 Å². The molecule has 7 nitrogen and oxygen atoms in total. The van der Waals surface area contributed by atoms with Gasteiger partial charge in [0.2, 0.25) is 18.6 Å². The summed E-state index contributed by atoms with van der Waals surface area (Å²) >= 11 is 0. The van der Waals surface area contributed by atoms with Gasteiger partial charge in [-0.1, -0.05) is 12.1 Å². The van der Waals surface area contributed by atoms with Gasteiger partial charge in [0, 0.05) is 18.2 Å². The number of methoxy groups -OCH3 is 1. The molecule has 2 amide bonds. The molecule has 1 heterocycles. The highest BCUT2D eigenvalue weighted by atomic mass is 16.7. The van der Waals surface area contributed by atoms with E-state index < -0.39 is 0 Å². The molecular formula is C21H24N2O5. The molecule has 1 aliphatic heterocycles. The number of rotatable bonds is 9. The topological polar surface area (TPSA) is 85.9 Å². The SMILES string of the molecule is COc1ccc(CCCCC(=O)NCC(=O)Nc2ccc3c(c2)OCO3)cc1. The van der Waals surface area contributed by atoms with Crippen molar-refractivity contribution in [3.63, 3.8) is 0 Å². The third kappa shape index (κ3) is 5.64. The van der Waals surface area contributed by atoms with Gasteiger partial charge in [-0.25, -0.2) is 0 Å². The fourth-order valence-electron chi connectivity index (χ4n) is 2.85. The van der Waals surface area contributed by atoms with E-state index in [9.17, 15) is 9.59 Å². The Morgan fingerprint density at radius 1 is 1.00 bits per heavy atom. The maximum atomic E-state index is 12.0. The molecule has 0 unspecified atom stereocenters. The van der Waals surface area contributed by atoms with Crippen molar-refractivity contribution >= 4 is 17.5 Å². The van der Waals surface area contributed by atoms with Crippen LogP contribution in [0.4, 0.5) is 5.69 Å². The summed E-state index contributed by atoms with van der Waals surface area (Å²) in [5, 5.41) is 5.37. The van der Waals surface area contributed by atoms with Gasteiger partial charge in [-0.05, 0) is 49.1 Å². The molecule has 2 N–H and O–H groups in total. The Balaban J connectivity index is 1.30. The maximum absolute atomic E-state index is 12.0. The number of fused-ring (bicyclic) bond motifs is 1. The predicted molar refractivity (Wildman–Crippen MR) is 105 cm³/mol. The summed E-state index contributed by atoms with van der Waals surface area (Å²) in [6, 6.07) is 13.1. The Hall–Kier alpha value is -3.22. The fourth-order valence-corrected chi connectivity index (χ4v) is 2.85. The van der Waals surface area contributed by atoms with Crippen LogP contribution < -0.4 is 24.8 Å². The lowest BCUT2D eigenvalue weighted by Gasteiger charge is -2.08. The number of unbranched alkanes of at least 4 members (excludes halogenated alkanes) is 1. The molecule has 2 aromatic carbocycles. The van der Waals surface area contributed by atoms with Crippen molar-refractivity contribution in [1.82, 2.24) is 5.32 Å². The van der Waals surface area contributed by atoms with Crippen LogP contribution in [0, 0.1) is 0 Å². The first-order valence-electron chi connectivity index (χ1n) is 9.23. The standard InChI is InChI=1S/C21H24N2O5/c1-26-17-9-6-15(7-10-17)4-2-3-5-20(24)22-13-21(25)23-16-8-11-18-19(12-16)28-14-27-18/h6-12H,2-5,13-14H2,1H3,(H,22,24)(H,23,25). The molecular weight excluding hydrogens is 360 g/mol. The van der Waals surface area contributed by atoms with Crippen LogP contribution in [0.2, 0.25) is 0 Å². The molecule has 0 fully saturated rings. The van der Waals surface area contributed by atoms with E-state index in [0.717, 1.165) is 25.0 Å². The van der Waals surface area contributed by atoms with Crippen molar-refractivity contribution in [3.8, 4) is 17.2 Å². The van der Waals surface area contributed by atoms with Crippen LogP contribution in [0.5, 0.6) is 17.2 Å². The number of aryl methyl sites for hydroxylation is 1. The van der Waals surface area contributed by atoms with E-state index >= 15 is 0 Å². The first kappa shape index (κ1) is 19.5. The fraction of sp³-hybridized carbons (Fsp3) is 0.333. The highest BCUT2D eigenvalue weighted by Crippen LogP contribution is 2.34. The number of ether oxygens (including phenoxy) is 3. The second kappa shape index (κ2) is 9.64. The molecule has 0 aliphatic carbocycles. The van der Waals surface area contributed by atoms with E-state index in [1.807, 2.05) is 24.3 Å². The number of nitrogens with one attached hydrogen (secondary N) is 2.